The molecule has 1 fully saturated rings. The maximum Gasteiger partial charge on any atom is 0.280 e. The molecule has 4 rings (SSSR count). The number of nitrogens with zero attached hydrogens (tertiary/aromatic N) is 3. The summed E-state index contributed by atoms with van der Waals surface area (Å²) in [4.78, 5) is 25.3. The summed E-state index contributed by atoms with van der Waals surface area (Å²) in [6.07, 6.45) is 9.63. The van der Waals surface area contributed by atoms with Crippen molar-refractivity contribution in [3.8, 4) is 0 Å². The van der Waals surface area contributed by atoms with Crippen LogP contribution in [0.4, 0.5) is 0 Å². The minimum atomic E-state index is -0.201. The first-order valence-electron chi connectivity index (χ1n) is 8.42. The molecule has 0 radical (unpaired) electrons. The van der Waals surface area contributed by atoms with Crippen molar-refractivity contribution in [1.82, 2.24) is 14.5 Å². The molecule has 1 aliphatic rings. The number of H-pyrrole nitrogens is 1. The molecule has 3 heterocycles. The van der Waals surface area contributed by atoms with Gasteiger partial charge in [0.15, 0.2) is 4.80 Å². The fourth-order valence-corrected chi connectivity index (χ4v) is 4.49. The monoisotopic (exact) mass is 340 g/mol. The summed E-state index contributed by atoms with van der Waals surface area (Å²) in [7, 11) is 0. The standard InChI is InChI=1S/C18H20N4OS/c1-12-11-24-18(22(12)13-5-3-2-4-6-13)21-17(23)15-8-10-20-16-14(15)7-9-19-16/h7-11,13H,2-6H2,1H3,(H,19,20)/b21-18-. The molecule has 1 N–H and O–H groups in total. The van der Waals surface area contributed by atoms with Gasteiger partial charge in [0.25, 0.3) is 5.91 Å². The Balaban J connectivity index is 1.76. The molecule has 6 heteroatoms. The quantitative estimate of drug-likeness (QED) is 0.767. The van der Waals surface area contributed by atoms with Crippen molar-refractivity contribution < 1.29 is 4.79 Å². The molecular weight excluding hydrogens is 320 g/mol. The minimum absolute atomic E-state index is 0.201. The molecule has 0 aliphatic heterocycles. The Hall–Kier alpha value is -2.21. The number of pyridine rings is 1. The predicted octanol–water partition coefficient (Wildman–Crippen LogP) is 3.98. The second-order valence-corrected chi connectivity index (χ2v) is 7.17. The predicted molar refractivity (Wildman–Crippen MR) is 95.2 cm³/mol. The van der Waals surface area contributed by atoms with Crippen LogP contribution in [-0.2, 0) is 0 Å². The highest BCUT2D eigenvalue weighted by molar-refractivity contribution is 7.07. The van der Waals surface area contributed by atoms with Crippen LogP contribution in [0.25, 0.3) is 11.0 Å². The summed E-state index contributed by atoms with van der Waals surface area (Å²) in [6.45, 7) is 2.10. The lowest BCUT2D eigenvalue weighted by atomic mass is 9.95. The maximum atomic E-state index is 12.8. The van der Waals surface area contributed by atoms with E-state index < -0.39 is 0 Å². The molecule has 24 heavy (non-hydrogen) atoms. The second-order valence-electron chi connectivity index (χ2n) is 6.34. The highest BCUT2D eigenvalue weighted by atomic mass is 32.1. The van der Waals surface area contributed by atoms with Crippen LogP contribution in [0.3, 0.4) is 0 Å². The summed E-state index contributed by atoms with van der Waals surface area (Å²) >= 11 is 1.55. The van der Waals surface area contributed by atoms with E-state index in [0.717, 1.165) is 15.8 Å². The van der Waals surface area contributed by atoms with Gasteiger partial charge >= 0.3 is 0 Å². The van der Waals surface area contributed by atoms with Gasteiger partial charge < -0.3 is 9.55 Å². The first-order valence-corrected chi connectivity index (χ1v) is 9.30. The first-order chi connectivity index (χ1) is 11.7. The van der Waals surface area contributed by atoms with Gasteiger partial charge in [-0.05, 0) is 31.9 Å². The smallest absolute Gasteiger partial charge is 0.280 e. The van der Waals surface area contributed by atoms with Crippen molar-refractivity contribution in [3.63, 3.8) is 0 Å². The molecule has 1 saturated carbocycles. The number of hydrogen-bond donors (Lipinski definition) is 1. The largest absolute Gasteiger partial charge is 0.346 e. The summed E-state index contributed by atoms with van der Waals surface area (Å²) in [6, 6.07) is 4.09. The van der Waals surface area contributed by atoms with Gasteiger partial charge in [-0.25, -0.2) is 4.98 Å². The zero-order valence-electron chi connectivity index (χ0n) is 13.7. The van der Waals surface area contributed by atoms with Crippen LogP contribution in [0.5, 0.6) is 0 Å². The van der Waals surface area contributed by atoms with E-state index in [1.165, 1.54) is 37.8 Å². The first kappa shape index (κ1) is 15.3. The normalized spacial score (nSPS) is 16.8. The molecule has 0 atom stereocenters. The Morgan fingerprint density at radius 2 is 2.17 bits per heavy atom. The lowest BCUT2D eigenvalue weighted by Gasteiger charge is -2.24. The number of nitrogens with one attached hydrogen (secondary N) is 1. The van der Waals surface area contributed by atoms with Crippen LogP contribution in [0.2, 0.25) is 0 Å². The summed E-state index contributed by atoms with van der Waals surface area (Å²) < 4.78 is 2.26. The maximum absolute atomic E-state index is 12.8. The number of aromatic amines is 1. The zero-order chi connectivity index (χ0) is 16.5. The highest BCUT2D eigenvalue weighted by Gasteiger charge is 2.19. The number of carbonyl (C=O) groups is 1. The van der Waals surface area contributed by atoms with E-state index in [1.807, 2.05) is 6.07 Å². The van der Waals surface area contributed by atoms with Crippen molar-refractivity contribution in [2.24, 2.45) is 4.99 Å². The summed E-state index contributed by atoms with van der Waals surface area (Å²) in [5, 5.41) is 2.92. The Morgan fingerprint density at radius 1 is 1.33 bits per heavy atom. The third-order valence-electron chi connectivity index (χ3n) is 4.75. The Kier molecular flexibility index (Phi) is 4.06. The number of carbonyl (C=O) groups excluding carboxylic acids is 1. The number of aryl methyl sites for hydroxylation is 1. The second kappa shape index (κ2) is 6.36. The number of aromatic nitrogens is 3. The van der Waals surface area contributed by atoms with Gasteiger partial charge in [-0.2, -0.15) is 4.99 Å². The Morgan fingerprint density at radius 3 is 3.00 bits per heavy atom. The molecule has 1 aliphatic carbocycles. The number of hydrogen-bond acceptors (Lipinski definition) is 3. The molecule has 5 nitrogen and oxygen atoms in total. The molecule has 0 unspecified atom stereocenters. The van der Waals surface area contributed by atoms with Crippen LogP contribution < -0.4 is 4.80 Å². The SMILES string of the molecule is Cc1cs/c(=N\C(=O)c2ccnc3[nH]ccc23)n1C1CCCCC1. The summed E-state index contributed by atoms with van der Waals surface area (Å²) in [5.41, 5.74) is 2.51. The van der Waals surface area contributed by atoms with Crippen molar-refractivity contribution in [2.45, 2.75) is 45.1 Å². The van der Waals surface area contributed by atoms with Gasteiger partial charge in [0.1, 0.15) is 5.65 Å². The molecular formula is C18H20N4OS. The lowest BCUT2D eigenvalue weighted by Crippen LogP contribution is -2.25. The van der Waals surface area contributed by atoms with E-state index in [2.05, 4.69) is 31.8 Å². The molecule has 3 aromatic heterocycles. The van der Waals surface area contributed by atoms with E-state index in [0.29, 0.717) is 11.6 Å². The fraction of sp³-hybridized carbons (Fsp3) is 0.389. The van der Waals surface area contributed by atoms with Crippen LogP contribution in [0, 0.1) is 6.92 Å². The van der Waals surface area contributed by atoms with E-state index in [4.69, 9.17) is 0 Å². The molecule has 3 aromatic rings. The fourth-order valence-electron chi connectivity index (χ4n) is 3.56. The average Bonchev–Trinajstić information content (AvgIpc) is 3.22. The molecule has 0 bridgehead atoms. The molecule has 0 saturated heterocycles. The molecule has 0 spiro atoms. The van der Waals surface area contributed by atoms with Crippen molar-refractivity contribution in [1.29, 1.82) is 0 Å². The van der Waals surface area contributed by atoms with Crippen molar-refractivity contribution in [3.05, 3.63) is 46.0 Å². The highest BCUT2D eigenvalue weighted by Crippen LogP contribution is 2.28. The minimum Gasteiger partial charge on any atom is -0.346 e. The number of rotatable bonds is 2. The van der Waals surface area contributed by atoms with Gasteiger partial charge in [-0.3, -0.25) is 4.79 Å². The van der Waals surface area contributed by atoms with E-state index in [1.54, 1.807) is 29.8 Å². The van der Waals surface area contributed by atoms with Gasteiger partial charge in [0.2, 0.25) is 0 Å². The molecule has 1 amide bonds. The lowest BCUT2D eigenvalue weighted by molar-refractivity contribution is 0.0999. The van der Waals surface area contributed by atoms with Gasteiger partial charge in [0.05, 0.1) is 5.56 Å². The number of fused-ring (bicyclic) bond motifs is 1. The van der Waals surface area contributed by atoms with Crippen molar-refractivity contribution in [2.75, 3.05) is 0 Å². The number of amides is 1. The zero-order valence-corrected chi connectivity index (χ0v) is 14.5. The number of thiazole rings is 1. The third-order valence-corrected chi connectivity index (χ3v) is 5.71. The van der Waals surface area contributed by atoms with E-state index >= 15 is 0 Å². The van der Waals surface area contributed by atoms with E-state index in [-0.39, 0.29) is 5.91 Å². The Labute approximate surface area is 144 Å². The van der Waals surface area contributed by atoms with Gasteiger partial charge in [-0.15, -0.1) is 11.3 Å². The van der Waals surface area contributed by atoms with Crippen LogP contribution in [0.15, 0.2) is 34.9 Å². The van der Waals surface area contributed by atoms with Crippen LogP contribution in [0.1, 0.15) is 54.2 Å². The average molecular weight is 340 g/mol. The topological polar surface area (TPSA) is 63.0 Å². The summed E-state index contributed by atoms with van der Waals surface area (Å²) in [5.74, 6) is -0.201. The van der Waals surface area contributed by atoms with Gasteiger partial charge in [-0.1, -0.05) is 19.3 Å². The Bertz CT molecular complexity index is 943. The third kappa shape index (κ3) is 2.71. The molecule has 124 valence electrons. The van der Waals surface area contributed by atoms with Crippen LogP contribution in [-0.4, -0.2) is 20.4 Å². The molecule has 0 aromatic carbocycles. The van der Waals surface area contributed by atoms with Crippen LogP contribution >= 0.6 is 11.3 Å². The van der Waals surface area contributed by atoms with Crippen molar-refractivity contribution >= 4 is 28.3 Å². The van der Waals surface area contributed by atoms with Gasteiger partial charge in [0, 0.05) is 34.9 Å². The van der Waals surface area contributed by atoms with E-state index in [9.17, 15) is 4.79 Å².